The van der Waals surface area contributed by atoms with E-state index in [-0.39, 0.29) is 22.3 Å². The molecule has 1 aromatic heterocycles. The lowest BCUT2D eigenvalue weighted by Crippen LogP contribution is -2.02. The molecule has 0 fully saturated rings. The third-order valence-electron chi connectivity index (χ3n) is 3.88. The number of benzene rings is 2. The lowest BCUT2D eigenvalue weighted by atomic mass is 10.1. The minimum Gasteiger partial charge on any atom is -0.504 e. The Kier molecular flexibility index (Phi) is 4.24. The molecule has 0 unspecified atom stereocenters. The Bertz CT molecular complexity index is 1000. The van der Waals surface area contributed by atoms with E-state index in [4.69, 9.17) is 13.9 Å². The molecule has 0 bridgehead atoms. The molecule has 130 valence electrons. The summed E-state index contributed by atoms with van der Waals surface area (Å²) in [5.41, 5.74) is 0.146. The van der Waals surface area contributed by atoms with Crippen LogP contribution in [0.3, 0.4) is 0 Å². The number of phenolic OH excluding ortho intramolecular Hbond substituents is 1. The molecular formula is C18H16O7. The van der Waals surface area contributed by atoms with E-state index in [1.807, 2.05) is 0 Å². The number of fused-ring (bicyclic) bond motifs is 1. The van der Waals surface area contributed by atoms with Gasteiger partial charge in [-0.25, -0.2) is 0 Å². The maximum Gasteiger partial charge on any atom is 0.197 e. The summed E-state index contributed by atoms with van der Waals surface area (Å²) in [6.07, 6.45) is 0. The van der Waals surface area contributed by atoms with Gasteiger partial charge in [0.05, 0.1) is 20.8 Å². The van der Waals surface area contributed by atoms with E-state index in [0.717, 1.165) is 0 Å². The van der Waals surface area contributed by atoms with Crippen LogP contribution < -0.4 is 14.9 Å². The first-order chi connectivity index (χ1) is 12.0. The number of rotatable bonds is 4. The van der Waals surface area contributed by atoms with Crippen molar-refractivity contribution < 1.29 is 29.2 Å². The van der Waals surface area contributed by atoms with Crippen LogP contribution in [0.4, 0.5) is 0 Å². The van der Waals surface area contributed by atoms with Gasteiger partial charge >= 0.3 is 0 Å². The van der Waals surface area contributed by atoms with E-state index in [1.54, 1.807) is 18.2 Å². The molecule has 7 nitrogen and oxygen atoms in total. The Hall–Kier alpha value is -3.19. The molecule has 3 rings (SSSR count). The summed E-state index contributed by atoms with van der Waals surface area (Å²) >= 11 is 0. The normalized spacial score (nSPS) is 10.8. The Morgan fingerprint density at radius 3 is 2.36 bits per heavy atom. The van der Waals surface area contributed by atoms with E-state index in [2.05, 4.69) is 0 Å². The highest BCUT2D eigenvalue weighted by atomic mass is 16.5. The summed E-state index contributed by atoms with van der Waals surface area (Å²) < 4.78 is 16.1. The fraction of sp³-hybridized carbons (Fsp3) is 0.167. The van der Waals surface area contributed by atoms with Crippen molar-refractivity contribution in [3.05, 3.63) is 46.1 Å². The highest BCUT2D eigenvalue weighted by Crippen LogP contribution is 2.38. The summed E-state index contributed by atoms with van der Waals surface area (Å²) in [4.78, 5) is 12.4. The molecule has 3 N–H and O–H groups in total. The van der Waals surface area contributed by atoms with Gasteiger partial charge in [0.15, 0.2) is 28.4 Å². The van der Waals surface area contributed by atoms with Crippen LogP contribution in [0.2, 0.25) is 0 Å². The fourth-order valence-electron chi connectivity index (χ4n) is 2.60. The Morgan fingerprint density at radius 1 is 1.00 bits per heavy atom. The molecule has 0 amide bonds. The minimum absolute atomic E-state index is 0.0524. The van der Waals surface area contributed by atoms with Gasteiger partial charge in [-0.2, -0.15) is 0 Å². The van der Waals surface area contributed by atoms with Crippen LogP contribution in [0.1, 0.15) is 5.56 Å². The van der Waals surface area contributed by atoms with Gasteiger partial charge in [0, 0.05) is 17.2 Å². The zero-order valence-electron chi connectivity index (χ0n) is 13.6. The number of aliphatic hydroxyl groups excluding tert-OH is 1. The molecule has 0 radical (unpaired) electrons. The molecule has 0 aliphatic heterocycles. The fourth-order valence-corrected chi connectivity index (χ4v) is 2.60. The second-order valence-electron chi connectivity index (χ2n) is 5.31. The Morgan fingerprint density at radius 2 is 1.72 bits per heavy atom. The molecule has 0 spiro atoms. The Labute approximate surface area is 142 Å². The van der Waals surface area contributed by atoms with Crippen LogP contribution in [0.5, 0.6) is 23.0 Å². The molecule has 7 heteroatoms. The van der Waals surface area contributed by atoms with Crippen LogP contribution in [0.25, 0.3) is 22.3 Å². The molecule has 2 aromatic carbocycles. The van der Waals surface area contributed by atoms with Crippen molar-refractivity contribution in [2.24, 2.45) is 0 Å². The van der Waals surface area contributed by atoms with Gasteiger partial charge in [0.2, 0.25) is 0 Å². The number of hydrogen-bond donors (Lipinski definition) is 3. The molecular weight excluding hydrogens is 328 g/mol. The van der Waals surface area contributed by atoms with Gasteiger partial charge in [0.25, 0.3) is 0 Å². The molecule has 1 heterocycles. The molecule has 0 aliphatic rings. The summed E-state index contributed by atoms with van der Waals surface area (Å²) in [5, 5.41) is 28.9. The van der Waals surface area contributed by atoms with Crippen LogP contribution in [-0.2, 0) is 6.61 Å². The number of methoxy groups -OCH3 is 2. The first-order valence-corrected chi connectivity index (χ1v) is 7.35. The SMILES string of the molecule is COc1ccc(-c2cc(=O)c3c(O)c(O)c(CO)cc3o2)cc1OC. The highest BCUT2D eigenvalue weighted by Gasteiger charge is 2.18. The van der Waals surface area contributed by atoms with Gasteiger partial charge in [-0.15, -0.1) is 0 Å². The largest absolute Gasteiger partial charge is 0.504 e. The topological polar surface area (TPSA) is 109 Å². The summed E-state index contributed by atoms with van der Waals surface area (Å²) in [5.74, 6) is 0.0784. The molecule has 0 atom stereocenters. The van der Waals surface area contributed by atoms with Gasteiger partial charge in [0.1, 0.15) is 16.7 Å². The van der Waals surface area contributed by atoms with Crippen molar-refractivity contribution in [3.63, 3.8) is 0 Å². The first-order valence-electron chi connectivity index (χ1n) is 7.35. The molecule has 25 heavy (non-hydrogen) atoms. The second kappa shape index (κ2) is 6.37. The molecule has 0 saturated heterocycles. The summed E-state index contributed by atoms with van der Waals surface area (Å²) in [7, 11) is 3.01. The monoisotopic (exact) mass is 344 g/mol. The predicted molar refractivity (Wildman–Crippen MR) is 90.3 cm³/mol. The summed E-state index contributed by atoms with van der Waals surface area (Å²) in [6, 6.07) is 7.54. The zero-order valence-corrected chi connectivity index (χ0v) is 13.6. The van der Waals surface area contributed by atoms with Crippen LogP contribution in [0.15, 0.2) is 39.5 Å². The lowest BCUT2D eigenvalue weighted by Gasteiger charge is -2.11. The number of hydrogen-bond acceptors (Lipinski definition) is 7. The van der Waals surface area contributed by atoms with Gasteiger partial charge in [-0.05, 0) is 24.3 Å². The molecule has 0 aliphatic carbocycles. The average molecular weight is 344 g/mol. The average Bonchev–Trinajstić information content (AvgIpc) is 2.63. The van der Waals surface area contributed by atoms with Crippen molar-refractivity contribution in [3.8, 4) is 34.3 Å². The zero-order chi connectivity index (χ0) is 18.1. The lowest BCUT2D eigenvalue weighted by molar-refractivity contribution is 0.273. The van der Waals surface area contributed by atoms with Crippen LogP contribution in [-0.4, -0.2) is 29.5 Å². The van der Waals surface area contributed by atoms with Gasteiger partial charge in [-0.1, -0.05) is 0 Å². The number of ether oxygens (including phenoxy) is 2. The van der Waals surface area contributed by atoms with E-state index < -0.39 is 23.5 Å². The van der Waals surface area contributed by atoms with E-state index >= 15 is 0 Å². The summed E-state index contributed by atoms with van der Waals surface area (Å²) in [6.45, 7) is -0.514. The van der Waals surface area contributed by atoms with Crippen LogP contribution >= 0.6 is 0 Å². The smallest absolute Gasteiger partial charge is 0.197 e. The Balaban J connectivity index is 2.25. The number of aromatic hydroxyl groups is 2. The van der Waals surface area contributed by atoms with Crippen molar-refractivity contribution >= 4 is 11.0 Å². The standard InChI is InChI=1S/C18H16O7/c1-23-12-4-3-9(5-14(12)24-2)13-7-11(20)16-15(25-13)6-10(8-19)17(21)18(16)22/h3-7,19,21-22H,8H2,1-2H3. The molecule has 3 aromatic rings. The first kappa shape index (κ1) is 16.7. The maximum atomic E-state index is 12.4. The van der Waals surface area contributed by atoms with E-state index in [0.29, 0.717) is 17.1 Å². The number of phenols is 2. The molecule has 0 saturated carbocycles. The third kappa shape index (κ3) is 2.74. The maximum absolute atomic E-state index is 12.4. The van der Waals surface area contributed by atoms with E-state index in [9.17, 15) is 20.1 Å². The van der Waals surface area contributed by atoms with Crippen molar-refractivity contribution in [2.45, 2.75) is 6.61 Å². The number of aliphatic hydroxyl groups is 1. The third-order valence-corrected chi connectivity index (χ3v) is 3.88. The van der Waals surface area contributed by atoms with Crippen molar-refractivity contribution in [1.29, 1.82) is 0 Å². The second-order valence-corrected chi connectivity index (χ2v) is 5.31. The van der Waals surface area contributed by atoms with Crippen molar-refractivity contribution in [1.82, 2.24) is 0 Å². The quantitative estimate of drug-likeness (QED) is 0.623. The van der Waals surface area contributed by atoms with E-state index in [1.165, 1.54) is 26.4 Å². The minimum atomic E-state index is -0.617. The van der Waals surface area contributed by atoms with Crippen LogP contribution in [0, 0.1) is 0 Å². The predicted octanol–water partition coefficient (Wildman–Crippen LogP) is 2.38. The van der Waals surface area contributed by atoms with Gasteiger partial charge < -0.3 is 29.2 Å². The van der Waals surface area contributed by atoms with Crippen molar-refractivity contribution in [2.75, 3.05) is 14.2 Å². The van der Waals surface area contributed by atoms with Gasteiger partial charge in [-0.3, -0.25) is 4.79 Å². The highest BCUT2D eigenvalue weighted by molar-refractivity contribution is 5.88.